The molecule has 1 heterocycles. The van der Waals surface area contributed by atoms with Crippen molar-refractivity contribution in [2.75, 3.05) is 5.75 Å². The quantitative estimate of drug-likeness (QED) is 0.545. The largest absolute Gasteiger partial charge is 0.392 e. The number of hydrogen-bond donors (Lipinski definition) is 1. The summed E-state index contributed by atoms with van der Waals surface area (Å²) in [6.07, 6.45) is 0.748. The van der Waals surface area contributed by atoms with Crippen LogP contribution in [0.15, 0.2) is 0 Å². The average Bonchev–Trinajstić information content (AvgIpc) is 2.47. The van der Waals surface area contributed by atoms with E-state index in [4.69, 9.17) is 0 Å². The van der Waals surface area contributed by atoms with Gasteiger partial charge in [0.15, 0.2) is 0 Å². The van der Waals surface area contributed by atoms with Crippen molar-refractivity contribution in [1.82, 2.24) is 5.32 Å². The summed E-state index contributed by atoms with van der Waals surface area (Å²) in [5.74, 6) is 0.293. The molecule has 0 unspecified atom stereocenters. The van der Waals surface area contributed by atoms with Gasteiger partial charge in [-0.15, -0.1) is 0 Å². The predicted molar refractivity (Wildman–Crippen MR) is 52.3 cm³/mol. The molecule has 1 rings (SSSR count). The Morgan fingerprint density at radius 1 is 1.43 bits per heavy atom. The third-order valence-corrected chi connectivity index (χ3v) is 1.74. The van der Waals surface area contributed by atoms with E-state index in [0.29, 0.717) is 12.8 Å². The summed E-state index contributed by atoms with van der Waals surface area (Å²) in [5, 5.41) is 2.14. The van der Waals surface area contributed by atoms with Crippen molar-refractivity contribution < 1.29 is 18.6 Å². The minimum Gasteiger partial charge on any atom is -0.392 e. The molecular weight excluding hydrogens is 206 g/mol. The Labute approximate surface area is 86.8 Å². The second-order valence-electron chi connectivity index (χ2n) is 2.45. The summed E-state index contributed by atoms with van der Waals surface area (Å²) < 4.78 is 4.47. The molecule has 0 radical (unpaired) electrons. The lowest BCUT2D eigenvalue weighted by Gasteiger charge is -1.90. The number of nitrogens with one attached hydrogen (secondary N) is 1. The van der Waals surface area contributed by atoms with Gasteiger partial charge < -0.3 is 4.18 Å². The summed E-state index contributed by atoms with van der Waals surface area (Å²) in [6.45, 7) is 3.32. The van der Waals surface area contributed by atoms with E-state index < -0.39 is 0 Å². The summed E-state index contributed by atoms with van der Waals surface area (Å²) in [6, 6.07) is 0. The van der Waals surface area contributed by atoms with Crippen LogP contribution in [-0.2, 0) is 18.6 Å². The first-order chi connectivity index (χ1) is 6.56. The van der Waals surface area contributed by atoms with Gasteiger partial charge in [0.1, 0.15) is 0 Å². The van der Waals surface area contributed by atoms with E-state index in [-0.39, 0.29) is 17.8 Å². The molecule has 14 heavy (non-hydrogen) atoms. The maximum absolute atomic E-state index is 10.1. The summed E-state index contributed by atoms with van der Waals surface area (Å²) >= 11 is 1.17. The molecule has 80 valence electrons. The summed E-state index contributed by atoms with van der Waals surface area (Å²) in [4.78, 5) is 30.2. The standard InChI is InChI=1S/C4H5NO2.C4H8O2S/c6-3-1-2-4(7)5-3;1-3-7-6-4(2)5/h1-2H2,(H,5,6,7);3H2,1-2H3. The second-order valence-corrected chi connectivity index (χ2v) is 3.43. The van der Waals surface area contributed by atoms with Gasteiger partial charge in [0, 0.05) is 25.5 Å². The molecule has 5 nitrogen and oxygen atoms in total. The van der Waals surface area contributed by atoms with E-state index in [0.717, 1.165) is 5.75 Å². The molecule has 1 aliphatic heterocycles. The highest BCUT2D eigenvalue weighted by Gasteiger charge is 2.15. The number of rotatable bonds is 2. The fourth-order valence-electron chi connectivity index (χ4n) is 0.649. The van der Waals surface area contributed by atoms with Crippen LogP contribution < -0.4 is 5.32 Å². The normalized spacial score (nSPS) is 14.1. The lowest BCUT2D eigenvalue weighted by atomic mass is 10.4. The molecule has 0 aliphatic carbocycles. The highest BCUT2D eigenvalue weighted by molar-refractivity contribution is 7.95. The highest BCUT2D eigenvalue weighted by Crippen LogP contribution is 1.99. The van der Waals surface area contributed by atoms with Crippen LogP contribution in [0.4, 0.5) is 0 Å². The van der Waals surface area contributed by atoms with Gasteiger partial charge in [-0.2, -0.15) is 0 Å². The molecule has 6 heteroatoms. The molecule has 0 saturated carbocycles. The number of amides is 2. The van der Waals surface area contributed by atoms with Crippen molar-refractivity contribution >= 4 is 29.8 Å². The predicted octanol–water partition coefficient (Wildman–Crippen LogP) is 0.641. The zero-order valence-corrected chi connectivity index (χ0v) is 8.98. The Morgan fingerprint density at radius 2 is 1.93 bits per heavy atom. The van der Waals surface area contributed by atoms with Gasteiger partial charge in [0.25, 0.3) is 0 Å². The topological polar surface area (TPSA) is 72.5 Å². The Balaban J connectivity index is 0.000000241. The smallest absolute Gasteiger partial charge is 0.314 e. The molecule has 1 fully saturated rings. The monoisotopic (exact) mass is 219 g/mol. The van der Waals surface area contributed by atoms with E-state index >= 15 is 0 Å². The van der Waals surface area contributed by atoms with Crippen LogP contribution in [0.5, 0.6) is 0 Å². The number of hydrogen-bond acceptors (Lipinski definition) is 5. The van der Waals surface area contributed by atoms with Gasteiger partial charge in [-0.25, -0.2) is 0 Å². The third kappa shape index (κ3) is 7.60. The molecule has 0 aromatic carbocycles. The lowest BCUT2D eigenvalue weighted by molar-refractivity contribution is -0.130. The van der Waals surface area contributed by atoms with Crippen LogP contribution in [0.3, 0.4) is 0 Å². The molecule has 1 saturated heterocycles. The molecule has 0 aromatic rings. The van der Waals surface area contributed by atoms with Gasteiger partial charge in [-0.3, -0.25) is 19.7 Å². The molecule has 0 spiro atoms. The molecular formula is C8H13NO4S. The maximum Gasteiger partial charge on any atom is 0.314 e. The molecule has 1 aliphatic rings. The van der Waals surface area contributed by atoms with Gasteiger partial charge in [0.2, 0.25) is 11.8 Å². The van der Waals surface area contributed by atoms with Gasteiger partial charge >= 0.3 is 5.97 Å². The SMILES string of the molecule is CCSOC(C)=O.O=C1CCC(=O)N1. The van der Waals surface area contributed by atoms with Crippen LogP contribution in [0.2, 0.25) is 0 Å². The van der Waals surface area contributed by atoms with Crippen LogP contribution in [0, 0.1) is 0 Å². The van der Waals surface area contributed by atoms with E-state index in [1.165, 1.54) is 19.0 Å². The molecule has 0 aromatic heterocycles. The first-order valence-corrected chi connectivity index (χ1v) is 5.10. The van der Waals surface area contributed by atoms with Gasteiger partial charge in [-0.1, -0.05) is 6.92 Å². The lowest BCUT2D eigenvalue weighted by Crippen LogP contribution is -2.18. The maximum atomic E-state index is 10.1. The van der Waals surface area contributed by atoms with Crippen LogP contribution in [-0.4, -0.2) is 23.5 Å². The van der Waals surface area contributed by atoms with Crippen molar-refractivity contribution in [2.24, 2.45) is 0 Å². The Morgan fingerprint density at radius 3 is 2.07 bits per heavy atom. The minimum atomic E-state index is -0.230. The number of imide groups is 1. The van der Waals surface area contributed by atoms with Crippen molar-refractivity contribution in [3.63, 3.8) is 0 Å². The number of carbonyl (C=O) groups is 3. The second kappa shape index (κ2) is 7.37. The molecule has 1 N–H and O–H groups in total. The van der Waals surface area contributed by atoms with E-state index in [1.807, 2.05) is 6.92 Å². The van der Waals surface area contributed by atoms with Crippen molar-refractivity contribution in [3.8, 4) is 0 Å². The van der Waals surface area contributed by atoms with E-state index in [1.54, 1.807) is 0 Å². The fourth-order valence-corrected chi connectivity index (χ4v) is 0.933. The van der Waals surface area contributed by atoms with Crippen LogP contribution in [0.1, 0.15) is 26.7 Å². The van der Waals surface area contributed by atoms with Crippen molar-refractivity contribution in [2.45, 2.75) is 26.7 Å². The minimum absolute atomic E-state index is 0.148. The van der Waals surface area contributed by atoms with Crippen molar-refractivity contribution in [1.29, 1.82) is 0 Å². The van der Waals surface area contributed by atoms with Gasteiger partial charge in [-0.05, 0) is 0 Å². The van der Waals surface area contributed by atoms with Gasteiger partial charge in [0.05, 0.1) is 12.0 Å². The Bertz CT molecular complexity index is 215. The highest BCUT2D eigenvalue weighted by atomic mass is 32.2. The zero-order chi connectivity index (χ0) is 11.0. The zero-order valence-electron chi connectivity index (χ0n) is 8.16. The third-order valence-electron chi connectivity index (χ3n) is 1.15. The Hall–Kier alpha value is -1.04. The first kappa shape index (κ1) is 13.0. The summed E-state index contributed by atoms with van der Waals surface area (Å²) in [7, 11) is 0. The summed E-state index contributed by atoms with van der Waals surface area (Å²) in [5.41, 5.74) is 0. The van der Waals surface area contributed by atoms with Crippen molar-refractivity contribution in [3.05, 3.63) is 0 Å². The first-order valence-electron chi connectivity index (χ1n) is 4.19. The van der Waals surface area contributed by atoms with E-state index in [9.17, 15) is 14.4 Å². The van der Waals surface area contributed by atoms with Crippen LogP contribution >= 0.6 is 12.0 Å². The fraction of sp³-hybridized carbons (Fsp3) is 0.625. The average molecular weight is 219 g/mol. The molecule has 0 bridgehead atoms. The molecule has 2 amide bonds. The Kier molecular flexibility index (Phi) is 6.82. The van der Waals surface area contributed by atoms with E-state index in [2.05, 4.69) is 9.50 Å². The van der Waals surface area contributed by atoms with Crippen LogP contribution in [0.25, 0.3) is 0 Å². The number of carbonyl (C=O) groups excluding carboxylic acids is 3. The molecule has 0 atom stereocenters.